The van der Waals surface area contributed by atoms with Crippen molar-refractivity contribution in [1.29, 1.82) is 0 Å². The molecule has 0 radical (unpaired) electrons. The van der Waals surface area contributed by atoms with Gasteiger partial charge in [-0.05, 0) is 92.3 Å². The van der Waals surface area contributed by atoms with Crippen LogP contribution < -0.4 is 0 Å². The van der Waals surface area contributed by atoms with E-state index in [1.807, 2.05) is 0 Å². The lowest BCUT2D eigenvalue weighted by Gasteiger charge is -2.60. The summed E-state index contributed by atoms with van der Waals surface area (Å²) >= 11 is 0. The fourth-order valence-corrected chi connectivity index (χ4v) is 7.12. The molecule has 4 rings (SSSR count). The smallest absolute Gasteiger partial charge is 0.0596 e. The molecule has 0 aromatic carbocycles. The van der Waals surface area contributed by atoms with Gasteiger partial charge in [-0.3, -0.25) is 0 Å². The minimum atomic E-state index is -0.0662. The predicted octanol–water partition coefficient (Wildman–Crippen LogP) is 4.22. The number of hydrogen-bond acceptors (Lipinski definition) is 3. The van der Waals surface area contributed by atoms with Crippen LogP contribution in [-0.4, -0.2) is 22.1 Å². The highest BCUT2D eigenvalue weighted by molar-refractivity contribution is 5.85. The van der Waals surface area contributed by atoms with Crippen LogP contribution in [0.2, 0.25) is 0 Å². The number of oxime groups is 1. The molecule has 4 aliphatic carbocycles. The molecule has 0 aliphatic heterocycles. The van der Waals surface area contributed by atoms with E-state index in [0.29, 0.717) is 11.3 Å². The highest BCUT2D eigenvalue weighted by atomic mass is 16.4. The summed E-state index contributed by atoms with van der Waals surface area (Å²) in [5.74, 6) is 3.11. The Bertz CT molecular complexity index is 490. The topological polar surface area (TPSA) is 52.8 Å². The average Bonchev–Trinajstić information content (AvgIpc) is 2.82. The van der Waals surface area contributed by atoms with E-state index in [-0.39, 0.29) is 11.5 Å². The van der Waals surface area contributed by atoms with Crippen molar-refractivity contribution in [2.45, 2.75) is 77.7 Å². The predicted molar refractivity (Wildman–Crippen MR) is 87.0 cm³/mol. The van der Waals surface area contributed by atoms with Crippen LogP contribution in [-0.2, 0) is 0 Å². The van der Waals surface area contributed by atoms with Crippen molar-refractivity contribution in [1.82, 2.24) is 0 Å². The second-order valence-electron chi connectivity index (χ2n) is 9.16. The van der Waals surface area contributed by atoms with Gasteiger partial charge in [0.15, 0.2) is 0 Å². The molecule has 124 valence electrons. The van der Waals surface area contributed by atoms with Crippen molar-refractivity contribution in [3.05, 3.63) is 0 Å². The van der Waals surface area contributed by atoms with Gasteiger partial charge in [0, 0.05) is 0 Å². The summed E-state index contributed by atoms with van der Waals surface area (Å²) in [6.07, 6.45) is 10.5. The van der Waals surface area contributed by atoms with Crippen molar-refractivity contribution in [3.63, 3.8) is 0 Å². The number of rotatable bonds is 0. The van der Waals surface area contributed by atoms with Crippen LogP contribution in [0.3, 0.4) is 0 Å². The zero-order valence-corrected chi connectivity index (χ0v) is 14.1. The van der Waals surface area contributed by atoms with Crippen molar-refractivity contribution >= 4 is 5.71 Å². The second kappa shape index (κ2) is 4.96. The molecular weight excluding hydrogens is 274 g/mol. The third-order valence-corrected chi connectivity index (χ3v) is 8.59. The molecule has 2 N–H and O–H groups in total. The molecule has 0 aromatic rings. The molecule has 4 fully saturated rings. The van der Waals surface area contributed by atoms with E-state index in [9.17, 15) is 5.11 Å². The maximum atomic E-state index is 10.5. The highest BCUT2D eigenvalue weighted by Gasteiger charge is 2.59. The van der Waals surface area contributed by atoms with E-state index < -0.39 is 0 Å². The molecule has 0 unspecified atom stereocenters. The first-order chi connectivity index (χ1) is 10.5. The molecule has 4 aliphatic rings. The van der Waals surface area contributed by atoms with Crippen molar-refractivity contribution in [2.75, 3.05) is 0 Å². The monoisotopic (exact) mass is 305 g/mol. The first kappa shape index (κ1) is 15.0. The lowest BCUT2D eigenvalue weighted by Crippen LogP contribution is -2.54. The molecule has 4 saturated carbocycles. The fourth-order valence-electron chi connectivity index (χ4n) is 7.12. The first-order valence-corrected chi connectivity index (χ1v) is 9.37. The molecule has 22 heavy (non-hydrogen) atoms. The molecule has 0 aromatic heterocycles. The maximum Gasteiger partial charge on any atom is 0.0596 e. The SMILES string of the molecule is C[C@]12CC/C(=N\O)C[C@H]1CC[C@@H]1[C@@H]2CC[C@]2(C)[C@H](O)CC[C@@H]12. The van der Waals surface area contributed by atoms with E-state index in [2.05, 4.69) is 19.0 Å². The van der Waals surface area contributed by atoms with Crippen molar-refractivity contribution in [3.8, 4) is 0 Å². The number of hydrogen-bond donors (Lipinski definition) is 2. The summed E-state index contributed by atoms with van der Waals surface area (Å²) in [6.45, 7) is 4.88. The molecule has 0 amide bonds. The molecule has 3 nitrogen and oxygen atoms in total. The van der Waals surface area contributed by atoms with Crippen LogP contribution in [0, 0.1) is 34.5 Å². The minimum absolute atomic E-state index is 0.0662. The van der Waals surface area contributed by atoms with Crippen LogP contribution in [0.15, 0.2) is 5.16 Å². The van der Waals surface area contributed by atoms with E-state index in [0.717, 1.165) is 42.7 Å². The molecule has 7 atom stereocenters. The maximum absolute atomic E-state index is 10.5. The Kier molecular flexibility index (Phi) is 3.38. The fraction of sp³-hybridized carbons (Fsp3) is 0.947. The lowest BCUT2D eigenvalue weighted by molar-refractivity contribution is -0.112. The molecule has 0 heterocycles. The quantitative estimate of drug-likeness (QED) is 0.520. The zero-order chi connectivity index (χ0) is 15.5. The molecule has 3 heteroatoms. The van der Waals surface area contributed by atoms with Crippen molar-refractivity contribution < 1.29 is 10.3 Å². The van der Waals surface area contributed by atoms with Crippen molar-refractivity contribution in [2.24, 2.45) is 39.7 Å². The van der Waals surface area contributed by atoms with Gasteiger partial charge >= 0.3 is 0 Å². The summed E-state index contributed by atoms with van der Waals surface area (Å²) in [6, 6.07) is 0. The lowest BCUT2D eigenvalue weighted by atomic mass is 9.45. The highest BCUT2D eigenvalue weighted by Crippen LogP contribution is 2.65. The number of aliphatic hydroxyl groups excluding tert-OH is 1. The second-order valence-corrected chi connectivity index (χ2v) is 9.16. The first-order valence-electron chi connectivity index (χ1n) is 9.37. The zero-order valence-electron chi connectivity index (χ0n) is 14.1. The Hall–Kier alpha value is -0.570. The molecular formula is C19H31NO2. The van der Waals surface area contributed by atoms with Gasteiger partial charge in [0.2, 0.25) is 0 Å². The van der Waals surface area contributed by atoms with Gasteiger partial charge in [-0.2, -0.15) is 0 Å². The Morgan fingerprint density at radius 1 is 0.955 bits per heavy atom. The van der Waals surface area contributed by atoms with Crippen LogP contribution in [0.4, 0.5) is 0 Å². The number of nitrogens with zero attached hydrogens (tertiary/aromatic N) is 1. The molecule has 0 spiro atoms. The van der Waals surface area contributed by atoms with E-state index >= 15 is 0 Å². The van der Waals surface area contributed by atoms with Crippen LogP contribution >= 0.6 is 0 Å². The summed E-state index contributed by atoms with van der Waals surface area (Å²) in [5, 5.41) is 23.2. The number of aliphatic hydroxyl groups is 1. The van der Waals surface area contributed by atoms with Gasteiger partial charge in [0.1, 0.15) is 0 Å². The Balaban J connectivity index is 1.62. The third-order valence-electron chi connectivity index (χ3n) is 8.59. The van der Waals surface area contributed by atoms with Crippen LogP contribution in [0.5, 0.6) is 0 Å². The Morgan fingerprint density at radius 2 is 1.73 bits per heavy atom. The summed E-state index contributed by atoms with van der Waals surface area (Å²) in [7, 11) is 0. The number of fused-ring (bicyclic) bond motifs is 5. The largest absolute Gasteiger partial charge is 0.411 e. The van der Waals surface area contributed by atoms with Gasteiger partial charge < -0.3 is 10.3 Å². The average molecular weight is 305 g/mol. The van der Waals surface area contributed by atoms with Crippen LogP contribution in [0.25, 0.3) is 0 Å². The molecule has 0 bridgehead atoms. The van der Waals surface area contributed by atoms with Gasteiger partial charge in [-0.1, -0.05) is 19.0 Å². The normalized spacial score (nSPS) is 56.3. The molecule has 0 saturated heterocycles. The van der Waals surface area contributed by atoms with Gasteiger partial charge in [-0.25, -0.2) is 0 Å². The van der Waals surface area contributed by atoms with E-state index in [1.165, 1.54) is 38.5 Å². The minimum Gasteiger partial charge on any atom is -0.411 e. The van der Waals surface area contributed by atoms with Gasteiger partial charge in [-0.15, -0.1) is 0 Å². The van der Waals surface area contributed by atoms with E-state index in [1.54, 1.807) is 0 Å². The third kappa shape index (κ3) is 1.87. The Labute approximate surface area is 134 Å². The van der Waals surface area contributed by atoms with Gasteiger partial charge in [0.25, 0.3) is 0 Å². The van der Waals surface area contributed by atoms with E-state index in [4.69, 9.17) is 5.21 Å². The Morgan fingerprint density at radius 3 is 2.50 bits per heavy atom. The van der Waals surface area contributed by atoms with Gasteiger partial charge in [0.05, 0.1) is 11.8 Å². The standard InChI is InChI=1S/C19H31NO2/c1-18-9-7-13(20-22)11-12(18)3-4-14-15-5-6-17(21)19(15,2)10-8-16(14)18/h12,14-17,21-22H,3-11H2,1-2H3/b20-13+/t12-,14+,15+,16+,17-,18+,19+/m1/s1. The summed E-state index contributed by atoms with van der Waals surface area (Å²) < 4.78 is 0. The summed E-state index contributed by atoms with van der Waals surface area (Å²) in [4.78, 5) is 0. The summed E-state index contributed by atoms with van der Waals surface area (Å²) in [5.41, 5.74) is 1.65. The van der Waals surface area contributed by atoms with Crippen LogP contribution in [0.1, 0.15) is 71.6 Å².